The van der Waals surface area contributed by atoms with Gasteiger partial charge in [0.2, 0.25) is 0 Å². The number of likely N-dealkylation sites (N-methyl/N-ethyl adjacent to an activating group) is 1. The van der Waals surface area contributed by atoms with E-state index in [9.17, 15) is 8.42 Å². The van der Waals surface area contributed by atoms with Gasteiger partial charge in [-0.1, -0.05) is 0 Å². The van der Waals surface area contributed by atoms with Crippen LogP contribution in [-0.4, -0.2) is 49.2 Å². The van der Waals surface area contributed by atoms with Crippen LogP contribution in [0.5, 0.6) is 0 Å². The summed E-state index contributed by atoms with van der Waals surface area (Å²) in [5.74, 6) is 0. The summed E-state index contributed by atoms with van der Waals surface area (Å²) in [6, 6.07) is -0.117. The van der Waals surface area contributed by atoms with E-state index < -0.39 is 10.0 Å². The first-order valence-electron chi connectivity index (χ1n) is 5.35. The molecule has 8 heteroatoms. The van der Waals surface area contributed by atoms with Crippen LogP contribution in [0.1, 0.15) is 12.0 Å². The minimum Gasteiger partial charge on any atom is -0.380 e. The summed E-state index contributed by atoms with van der Waals surface area (Å²) < 4.78 is 31.1. The van der Waals surface area contributed by atoms with Crippen molar-refractivity contribution in [3.63, 3.8) is 0 Å². The Kier molecular flexibility index (Phi) is 3.48. The third-order valence-electron chi connectivity index (χ3n) is 2.95. The first kappa shape index (κ1) is 12.5. The van der Waals surface area contributed by atoms with E-state index in [2.05, 4.69) is 10.2 Å². The molecule has 7 nitrogen and oxygen atoms in total. The number of nitrogens with zero attached hydrogens (tertiary/aromatic N) is 2. The van der Waals surface area contributed by atoms with Crippen LogP contribution < -0.4 is 5.73 Å². The number of aromatic amines is 1. The fraction of sp³-hybridized carbons (Fsp3) is 0.667. The van der Waals surface area contributed by atoms with Crippen molar-refractivity contribution in [1.82, 2.24) is 14.5 Å². The highest BCUT2D eigenvalue weighted by molar-refractivity contribution is 7.89. The van der Waals surface area contributed by atoms with Crippen LogP contribution in [-0.2, 0) is 21.3 Å². The normalized spacial score (nSPS) is 21.2. The van der Waals surface area contributed by atoms with Gasteiger partial charge in [-0.05, 0) is 6.42 Å². The molecule has 2 rings (SSSR count). The second kappa shape index (κ2) is 4.73. The number of H-pyrrole nitrogens is 1. The van der Waals surface area contributed by atoms with Crippen LogP contribution in [0.4, 0.5) is 0 Å². The minimum absolute atomic E-state index is 0.0781. The summed E-state index contributed by atoms with van der Waals surface area (Å²) in [7, 11) is -2.02. The van der Waals surface area contributed by atoms with E-state index in [4.69, 9.17) is 10.5 Å². The van der Waals surface area contributed by atoms with E-state index in [1.165, 1.54) is 10.5 Å². The molecule has 0 aliphatic carbocycles. The Hall–Kier alpha value is -0.960. The Morgan fingerprint density at radius 3 is 3.06 bits per heavy atom. The second-order valence-electron chi connectivity index (χ2n) is 3.97. The zero-order valence-corrected chi connectivity index (χ0v) is 10.4. The summed E-state index contributed by atoms with van der Waals surface area (Å²) in [5.41, 5.74) is 5.97. The molecule has 2 heterocycles. The molecule has 0 bridgehead atoms. The molecule has 1 fully saturated rings. The number of hydrogen-bond donors (Lipinski definition) is 2. The molecule has 96 valence electrons. The molecular weight excluding hydrogens is 244 g/mol. The van der Waals surface area contributed by atoms with Crippen molar-refractivity contribution in [2.75, 3.05) is 20.3 Å². The SMILES string of the molecule is CN(C1CCOC1)S(=O)(=O)c1[nH]ncc1CN. The van der Waals surface area contributed by atoms with Crippen LogP contribution in [0.15, 0.2) is 11.2 Å². The zero-order valence-electron chi connectivity index (χ0n) is 9.59. The number of rotatable bonds is 4. The predicted octanol–water partition coefficient (Wildman–Crippen LogP) is -0.722. The molecule has 1 aliphatic rings. The van der Waals surface area contributed by atoms with E-state index in [0.29, 0.717) is 25.2 Å². The molecule has 1 unspecified atom stereocenters. The Bertz CT molecular complexity index is 478. The molecule has 1 aromatic rings. The molecule has 1 aromatic heterocycles. The zero-order chi connectivity index (χ0) is 12.5. The number of sulfonamides is 1. The van der Waals surface area contributed by atoms with E-state index in [1.54, 1.807) is 7.05 Å². The van der Waals surface area contributed by atoms with E-state index in [0.717, 1.165) is 0 Å². The van der Waals surface area contributed by atoms with Gasteiger partial charge in [-0.15, -0.1) is 0 Å². The highest BCUT2D eigenvalue weighted by atomic mass is 32.2. The monoisotopic (exact) mass is 260 g/mol. The summed E-state index contributed by atoms with van der Waals surface area (Å²) in [6.45, 7) is 1.17. The Labute approximate surface area is 100.0 Å². The first-order chi connectivity index (χ1) is 8.07. The quantitative estimate of drug-likeness (QED) is 0.743. The van der Waals surface area contributed by atoms with Gasteiger partial charge in [-0.2, -0.15) is 9.40 Å². The van der Waals surface area contributed by atoms with Crippen LogP contribution in [0.25, 0.3) is 0 Å². The Morgan fingerprint density at radius 2 is 2.47 bits per heavy atom. The topological polar surface area (TPSA) is 101 Å². The molecule has 0 radical (unpaired) electrons. The summed E-state index contributed by atoms with van der Waals surface area (Å²) in [4.78, 5) is 0. The van der Waals surface area contributed by atoms with Gasteiger partial charge in [0.25, 0.3) is 10.0 Å². The van der Waals surface area contributed by atoms with Crippen LogP contribution in [0, 0.1) is 0 Å². The van der Waals surface area contributed by atoms with Gasteiger partial charge in [-0.3, -0.25) is 5.10 Å². The molecule has 0 amide bonds. The van der Waals surface area contributed by atoms with Crippen LogP contribution in [0.2, 0.25) is 0 Å². The maximum atomic E-state index is 12.3. The van der Waals surface area contributed by atoms with Gasteiger partial charge >= 0.3 is 0 Å². The maximum Gasteiger partial charge on any atom is 0.260 e. The fourth-order valence-corrected chi connectivity index (χ4v) is 3.30. The minimum atomic E-state index is -3.57. The van der Waals surface area contributed by atoms with Gasteiger partial charge in [0, 0.05) is 25.8 Å². The largest absolute Gasteiger partial charge is 0.380 e. The van der Waals surface area contributed by atoms with Crippen molar-refractivity contribution in [1.29, 1.82) is 0 Å². The molecule has 1 aliphatic heterocycles. The van der Waals surface area contributed by atoms with Crippen molar-refractivity contribution in [3.8, 4) is 0 Å². The van der Waals surface area contributed by atoms with E-state index in [1.807, 2.05) is 0 Å². The first-order valence-corrected chi connectivity index (χ1v) is 6.79. The molecular formula is C9H16N4O3S. The molecule has 1 atom stereocenters. The van der Waals surface area contributed by atoms with Crippen LogP contribution in [0.3, 0.4) is 0 Å². The highest BCUT2D eigenvalue weighted by Crippen LogP contribution is 2.21. The number of ether oxygens (including phenoxy) is 1. The lowest BCUT2D eigenvalue weighted by atomic mass is 10.3. The van der Waals surface area contributed by atoms with Gasteiger partial charge in [0.15, 0.2) is 5.03 Å². The third kappa shape index (κ3) is 2.21. The third-order valence-corrected chi connectivity index (χ3v) is 4.88. The molecule has 0 spiro atoms. The van der Waals surface area contributed by atoms with Gasteiger partial charge < -0.3 is 10.5 Å². The Morgan fingerprint density at radius 1 is 1.71 bits per heavy atom. The molecule has 0 aromatic carbocycles. The molecule has 3 N–H and O–H groups in total. The van der Waals surface area contributed by atoms with Gasteiger partial charge in [0.05, 0.1) is 18.8 Å². The summed E-state index contributed by atoms with van der Waals surface area (Å²) >= 11 is 0. The lowest BCUT2D eigenvalue weighted by Crippen LogP contribution is -2.38. The van der Waals surface area contributed by atoms with E-state index >= 15 is 0 Å². The lowest BCUT2D eigenvalue weighted by molar-refractivity contribution is 0.180. The molecule has 0 saturated carbocycles. The van der Waals surface area contributed by atoms with Gasteiger partial charge in [-0.25, -0.2) is 8.42 Å². The van der Waals surface area contributed by atoms with Crippen molar-refractivity contribution in [2.24, 2.45) is 5.73 Å². The summed E-state index contributed by atoms with van der Waals surface area (Å²) in [5, 5.41) is 6.31. The average molecular weight is 260 g/mol. The number of nitrogens with one attached hydrogen (secondary N) is 1. The van der Waals surface area contributed by atoms with Crippen molar-refractivity contribution in [3.05, 3.63) is 11.8 Å². The Balaban J connectivity index is 2.29. The average Bonchev–Trinajstić information content (AvgIpc) is 2.98. The van der Waals surface area contributed by atoms with Gasteiger partial charge in [0.1, 0.15) is 0 Å². The maximum absolute atomic E-state index is 12.3. The van der Waals surface area contributed by atoms with Crippen molar-refractivity contribution in [2.45, 2.75) is 24.0 Å². The number of nitrogens with two attached hydrogens (primary N) is 1. The van der Waals surface area contributed by atoms with Crippen LogP contribution >= 0.6 is 0 Å². The number of hydrogen-bond acceptors (Lipinski definition) is 5. The standard InChI is InChI=1S/C9H16N4O3S/c1-13(8-2-3-16-6-8)17(14,15)9-7(4-10)5-11-12-9/h5,8H,2-4,6,10H2,1H3,(H,11,12). The predicted molar refractivity (Wildman–Crippen MR) is 60.7 cm³/mol. The smallest absolute Gasteiger partial charge is 0.260 e. The summed E-state index contributed by atoms with van der Waals surface area (Å²) in [6.07, 6.45) is 2.15. The van der Waals surface area contributed by atoms with E-state index in [-0.39, 0.29) is 17.6 Å². The van der Waals surface area contributed by atoms with Crippen molar-refractivity contribution >= 4 is 10.0 Å². The molecule has 1 saturated heterocycles. The second-order valence-corrected chi connectivity index (χ2v) is 5.90. The van der Waals surface area contributed by atoms with Crippen molar-refractivity contribution < 1.29 is 13.2 Å². The lowest BCUT2D eigenvalue weighted by Gasteiger charge is -2.22. The fourth-order valence-electron chi connectivity index (χ4n) is 1.82. The number of aromatic nitrogens is 2. The highest BCUT2D eigenvalue weighted by Gasteiger charge is 2.32. The molecule has 17 heavy (non-hydrogen) atoms.